The van der Waals surface area contributed by atoms with Crippen molar-refractivity contribution >= 4 is 5.91 Å². The monoisotopic (exact) mass is 733 g/mol. The van der Waals surface area contributed by atoms with E-state index in [4.69, 9.17) is 0 Å². The fourth-order valence-electron chi connectivity index (χ4n) is 8.32. The van der Waals surface area contributed by atoms with Crippen molar-refractivity contribution in [2.45, 2.75) is 242 Å². The average molecular weight is 733 g/mol. The Kier molecular flexibility index (Phi) is 33.4. The van der Waals surface area contributed by atoms with Crippen molar-refractivity contribution in [2.24, 2.45) is 47.3 Å². The Balaban J connectivity index is 4.54. The molecule has 3 nitrogen and oxygen atoms in total. The molecular weight excluding hydrogens is 633 g/mol. The molecule has 0 radical (unpaired) electrons. The third-order valence-electron chi connectivity index (χ3n) is 12.4. The minimum Gasteiger partial charge on any atom is -0.353 e. The molecule has 0 aromatic heterocycles. The third kappa shape index (κ3) is 35.2. The van der Waals surface area contributed by atoms with E-state index in [-0.39, 0.29) is 0 Å². The standard InChI is InChI=1S/C49H100N2O/c1-40(2)22-16-24-42(5)26-18-28-44(7)30-20-32-46(9)35-37-48(50-49(52)34-14-13-15-39-51(11)12)38-36-47(10)33-21-31-45(8)29-19-27-43(6)25-17-23-41(3)4/h40-48H,13-39H2,1-12H3,(H,50,52). The van der Waals surface area contributed by atoms with Crippen LogP contribution in [0.5, 0.6) is 0 Å². The molecule has 6 unspecified atom stereocenters. The SMILES string of the molecule is CC(C)CCCC(C)CCCC(C)CCCC(C)CCC(CCC(C)CCCC(C)CCCC(C)CCCC(C)C)NC(=O)CCCCCN(C)C. The highest BCUT2D eigenvalue weighted by Gasteiger charge is 2.17. The first-order chi connectivity index (χ1) is 24.7. The van der Waals surface area contributed by atoms with Crippen molar-refractivity contribution in [3.05, 3.63) is 0 Å². The second-order valence-electron chi connectivity index (χ2n) is 20.0. The molecule has 1 N–H and O–H groups in total. The third-order valence-corrected chi connectivity index (χ3v) is 12.4. The van der Waals surface area contributed by atoms with E-state index in [2.05, 4.69) is 93.5 Å². The van der Waals surface area contributed by atoms with Crippen molar-refractivity contribution in [3.8, 4) is 0 Å². The van der Waals surface area contributed by atoms with Gasteiger partial charge in [-0.1, -0.05) is 191 Å². The van der Waals surface area contributed by atoms with Gasteiger partial charge >= 0.3 is 0 Å². The Hall–Kier alpha value is -0.570. The number of carbonyl (C=O) groups is 1. The lowest BCUT2D eigenvalue weighted by Gasteiger charge is -2.23. The van der Waals surface area contributed by atoms with Gasteiger partial charge in [-0.05, 0) is 107 Å². The summed E-state index contributed by atoms with van der Waals surface area (Å²) >= 11 is 0. The molecule has 0 rings (SSSR count). The molecule has 52 heavy (non-hydrogen) atoms. The number of nitrogens with zero attached hydrogens (tertiary/aromatic N) is 1. The average Bonchev–Trinajstić information content (AvgIpc) is 3.05. The van der Waals surface area contributed by atoms with Gasteiger partial charge in [0.15, 0.2) is 0 Å². The number of carbonyl (C=O) groups excluding carboxylic acids is 1. The molecule has 0 saturated heterocycles. The summed E-state index contributed by atoms with van der Waals surface area (Å²) in [5.74, 6) is 7.00. The maximum absolute atomic E-state index is 13.0. The predicted molar refractivity (Wildman–Crippen MR) is 235 cm³/mol. The predicted octanol–water partition coefficient (Wildman–Crippen LogP) is 15.3. The molecule has 0 bridgehead atoms. The van der Waals surface area contributed by atoms with Crippen molar-refractivity contribution in [3.63, 3.8) is 0 Å². The van der Waals surface area contributed by atoms with E-state index >= 15 is 0 Å². The molecule has 0 aliphatic carbocycles. The highest BCUT2D eigenvalue weighted by molar-refractivity contribution is 5.76. The molecule has 1 amide bonds. The zero-order valence-electron chi connectivity index (χ0n) is 38.1. The van der Waals surface area contributed by atoms with Crippen molar-refractivity contribution in [1.29, 1.82) is 0 Å². The number of rotatable bonds is 37. The van der Waals surface area contributed by atoms with E-state index in [1.165, 1.54) is 135 Å². The number of unbranched alkanes of at least 4 members (excludes halogenated alkanes) is 2. The molecule has 0 aliphatic heterocycles. The topological polar surface area (TPSA) is 32.3 Å². The normalized spacial score (nSPS) is 16.3. The van der Waals surface area contributed by atoms with Gasteiger partial charge in [0, 0.05) is 12.5 Å². The van der Waals surface area contributed by atoms with Gasteiger partial charge in [-0.2, -0.15) is 0 Å². The van der Waals surface area contributed by atoms with Gasteiger partial charge in [0.05, 0.1) is 0 Å². The molecule has 0 saturated carbocycles. The van der Waals surface area contributed by atoms with Crippen LogP contribution in [0.4, 0.5) is 0 Å². The first-order valence-electron chi connectivity index (χ1n) is 23.6. The van der Waals surface area contributed by atoms with E-state index in [1.807, 2.05) is 0 Å². The van der Waals surface area contributed by atoms with Gasteiger partial charge in [0.1, 0.15) is 0 Å². The summed E-state index contributed by atoms with van der Waals surface area (Å²) in [5.41, 5.74) is 0. The molecule has 0 aromatic rings. The number of amides is 1. The molecule has 0 aliphatic rings. The number of hydrogen-bond acceptors (Lipinski definition) is 2. The second kappa shape index (κ2) is 33.7. The fraction of sp³-hybridized carbons (Fsp3) is 0.980. The highest BCUT2D eigenvalue weighted by atomic mass is 16.1. The molecule has 3 heteroatoms. The maximum atomic E-state index is 13.0. The number of nitrogens with one attached hydrogen (secondary N) is 1. The van der Waals surface area contributed by atoms with Crippen LogP contribution in [0.3, 0.4) is 0 Å². The van der Waals surface area contributed by atoms with E-state index in [0.717, 1.165) is 79.6 Å². The largest absolute Gasteiger partial charge is 0.353 e. The summed E-state index contributed by atoms with van der Waals surface area (Å²) < 4.78 is 0. The van der Waals surface area contributed by atoms with E-state index in [9.17, 15) is 4.79 Å². The van der Waals surface area contributed by atoms with Crippen molar-refractivity contribution in [1.82, 2.24) is 10.2 Å². The molecular formula is C49H100N2O. The van der Waals surface area contributed by atoms with E-state index < -0.39 is 0 Å². The Morgan fingerprint density at radius 3 is 1.00 bits per heavy atom. The van der Waals surface area contributed by atoms with Crippen LogP contribution in [0.15, 0.2) is 0 Å². The minimum absolute atomic E-state index is 0.293. The molecule has 312 valence electrons. The van der Waals surface area contributed by atoms with Crippen LogP contribution in [0, 0.1) is 47.3 Å². The van der Waals surface area contributed by atoms with Crippen LogP contribution in [-0.2, 0) is 4.79 Å². The molecule has 0 spiro atoms. The van der Waals surface area contributed by atoms with Crippen LogP contribution in [0.2, 0.25) is 0 Å². The quantitative estimate of drug-likeness (QED) is 0.0645. The van der Waals surface area contributed by atoms with Gasteiger partial charge in [-0.25, -0.2) is 0 Å². The lowest BCUT2D eigenvalue weighted by molar-refractivity contribution is -0.122. The Labute approximate surface area is 330 Å². The van der Waals surface area contributed by atoms with E-state index in [1.54, 1.807) is 0 Å². The Morgan fingerprint density at radius 2 is 0.692 bits per heavy atom. The fourth-order valence-corrected chi connectivity index (χ4v) is 8.32. The molecule has 0 fully saturated rings. The first-order valence-corrected chi connectivity index (χ1v) is 23.6. The maximum Gasteiger partial charge on any atom is 0.220 e. The van der Waals surface area contributed by atoms with Crippen LogP contribution in [-0.4, -0.2) is 37.5 Å². The van der Waals surface area contributed by atoms with Crippen molar-refractivity contribution < 1.29 is 4.79 Å². The van der Waals surface area contributed by atoms with Crippen LogP contribution in [0.25, 0.3) is 0 Å². The van der Waals surface area contributed by atoms with Gasteiger partial charge in [-0.15, -0.1) is 0 Å². The zero-order valence-corrected chi connectivity index (χ0v) is 38.1. The van der Waals surface area contributed by atoms with Gasteiger partial charge < -0.3 is 10.2 Å². The summed E-state index contributed by atoms with van der Waals surface area (Å²) in [6.07, 6.45) is 33.9. The first kappa shape index (κ1) is 51.4. The summed E-state index contributed by atoms with van der Waals surface area (Å²) in [7, 11) is 4.27. The molecule has 0 aromatic carbocycles. The Morgan fingerprint density at radius 1 is 0.385 bits per heavy atom. The van der Waals surface area contributed by atoms with Gasteiger partial charge in [-0.3, -0.25) is 4.79 Å². The highest BCUT2D eigenvalue weighted by Crippen LogP contribution is 2.26. The smallest absolute Gasteiger partial charge is 0.220 e. The summed E-state index contributed by atoms with van der Waals surface area (Å²) in [6.45, 7) is 25.3. The van der Waals surface area contributed by atoms with Crippen LogP contribution >= 0.6 is 0 Å². The lowest BCUT2D eigenvalue weighted by Crippen LogP contribution is -2.35. The Bertz CT molecular complexity index is 729. The molecule has 0 heterocycles. The second-order valence-corrected chi connectivity index (χ2v) is 20.0. The van der Waals surface area contributed by atoms with Gasteiger partial charge in [0.2, 0.25) is 5.91 Å². The summed E-state index contributed by atoms with van der Waals surface area (Å²) in [5, 5.41) is 3.53. The zero-order chi connectivity index (χ0) is 39.1. The van der Waals surface area contributed by atoms with Gasteiger partial charge in [0.25, 0.3) is 0 Å². The van der Waals surface area contributed by atoms with E-state index in [0.29, 0.717) is 18.4 Å². The lowest BCUT2D eigenvalue weighted by atomic mass is 9.88. The summed E-state index contributed by atoms with van der Waals surface area (Å²) in [4.78, 5) is 15.3. The molecule has 6 atom stereocenters. The van der Waals surface area contributed by atoms with Crippen LogP contribution < -0.4 is 5.32 Å². The summed E-state index contributed by atoms with van der Waals surface area (Å²) in [6, 6.07) is 0.349. The number of hydrogen-bond donors (Lipinski definition) is 1. The van der Waals surface area contributed by atoms with Crippen molar-refractivity contribution in [2.75, 3.05) is 20.6 Å². The minimum atomic E-state index is 0.293. The van der Waals surface area contributed by atoms with Crippen LogP contribution in [0.1, 0.15) is 236 Å².